The summed E-state index contributed by atoms with van der Waals surface area (Å²) in [6, 6.07) is 4.92. The average molecular weight is 207 g/mol. The van der Waals surface area contributed by atoms with E-state index in [1.165, 1.54) is 0 Å². The highest BCUT2D eigenvalue weighted by Crippen LogP contribution is 2.33. The van der Waals surface area contributed by atoms with E-state index in [9.17, 15) is 5.11 Å². The Morgan fingerprint density at radius 1 is 1.60 bits per heavy atom. The molecule has 0 bridgehead atoms. The molecule has 0 fully saturated rings. The monoisotopic (exact) mass is 207 g/mol. The molecule has 0 spiro atoms. The number of allylic oxidation sites excluding steroid dienone is 1. The fourth-order valence-corrected chi connectivity index (χ4v) is 1.52. The van der Waals surface area contributed by atoms with Crippen LogP contribution in [0.25, 0.3) is 0 Å². The van der Waals surface area contributed by atoms with E-state index in [-0.39, 0.29) is 11.8 Å². The number of phenolic OH excluding ortho intramolecular Hbond substituents is 1. The average Bonchev–Trinajstić information content (AvgIpc) is 2.25. The van der Waals surface area contributed by atoms with Crippen molar-refractivity contribution in [3.05, 3.63) is 36.4 Å². The second-order valence-corrected chi connectivity index (χ2v) is 3.37. The van der Waals surface area contributed by atoms with Gasteiger partial charge >= 0.3 is 0 Å². The van der Waals surface area contributed by atoms with Crippen molar-refractivity contribution >= 4 is 0 Å². The predicted molar refractivity (Wildman–Crippen MR) is 61.0 cm³/mol. The molecule has 1 aromatic carbocycles. The van der Waals surface area contributed by atoms with Crippen molar-refractivity contribution in [1.82, 2.24) is 0 Å². The summed E-state index contributed by atoms with van der Waals surface area (Å²) in [5.74, 6) is 0.817. The van der Waals surface area contributed by atoms with E-state index >= 15 is 0 Å². The van der Waals surface area contributed by atoms with Gasteiger partial charge in [0, 0.05) is 6.04 Å². The molecule has 0 aromatic heterocycles. The Balaban J connectivity index is 2.94. The lowest BCUT2D eigenvalue weighted by molar-refractivity contribution is 0.391. The Hall–Kier alpha value is -1.48. The number of nitrogens with two attached hydrogens (primary N) is 1. The fraction of sp³-hybridized carbons (Fsp3) is 0.333. The van der Waals surface area contributed by atoms with E-state index in [1.807, 2.05) is 6.08 Å². The molecule has 15 heavy (non-hydrogen) atoms. The zero-order chi connectivity index (χ0) is 11.3. The minimum atomic E-state index is -0.223. The van der Waals surface area contributed by atoms with Crippen LogP contribution in [0.3, 0.4) is 0 Å². The Kier molecular flexibility index (Phi) is 4.18. The summed E-state index contributed by atoms with van der Waals surface area (Å²) in [5.41, 5.74) is 6.64. The maximum atomic E-state index is 9.71. The van der Waals surface area contributed by atoms with Crippen LogP contribution < -0.4 is 10.5 Å². The van der Waals surface area contributed by atoms with Crippen molar-refractivity contribution in [2.75, 3.05) is 7.11 Å². The predicted octanol–water partition coefficient (Wildman–Crippen LogP) is 2.37. The molecular weight excluding hydrogens is 190 g/mol. The number of rotatable bonds is 5. The summed E-state index contributed by atoms with van der Waals surface area (Å²) in [6.07, 6.45) is 3.38. The molecule has 82 valence electrons. The van der Waals surface area contributed by atoms with Gasteiger partial charge in [0.25, 0.3) is 0 Å². The van der Waals surface area contributed by atoms with Crippen molar-refractivity contribution in [2.24, 2.45) is 5.73 Å². The van der Waals surface area contributed by atoms with Crippen molar-refractivity contribution in [3.8, 4) is 11.5 Å². The zero-order valence-corrected chi connectivity index (χ0v) is 8.94. The van der Waals surface area contributed by atoms with E-state index in [0.29, 0.717) is 11.3 Å². The van der Waals surface area contributed by atoms with Crippen molar-refractivity contribution in [3.63, 3.8) is 0 Å². The lowest BCUT2D eigenvalue weighted by Crippen LogP contribution is -2.11. The molecule has 0 radical (unpaired) electrons. The van der Waals surface area contributed by atoms with Gasteiger partial charge in [-0.05, 0) is 25.0 Å². The van der Waals surface area contributed by atoms with Gasteiger partial charge in [-0.1, -0.05) is 12.1 Å². The Morgan fingerprint density at radius 2 is 2.33 bits per heavy atom. The zero-order valence-electron chi connectivity index (χ0n) is 8.94. The summed E-state index contributed by atoms with van der Waals surface area (Å²) < 4.78 is 5.16. The highest BCUT2D eigenvalue weighted by atomic mass is 16.5. The molecule has 3 heteroatoms. The van der Waals surface area contributed by atoms with Crippen LogP contribution in [0.2, 0.25) is 0 Å². The van der Waals surface area contributed by atoms with Crippen LogP contribution in [0.4, 0.5) is 0 Å². The summed E-state index contributed by atoms with van der Waals surface area (Å²) in [7, 11) is 1.57. The highest BCUT2D eigenvalue weighted by Gasteiger charge is 2.15. The van der Waals surface area contributed by atoms with Crippen LogP contribution in [0.5, 0.6) is 11.5 Å². The number of hydrogen-bond donors (Lipinski definition) is 2. The molecule has 0 aliphatic heterocycles. The minimum Gasteiger partial charge on any atom is -0.507 e. The van der Waals surface area contributed by atoms with Gasteiger partial charge in [-0.2, -0.15) is 0 Å². The minimum absolute atomic E-state index is 0.186. The first-order valence-electron chi connectivity index (χ1n) is 4.93. The van der Waals surface area contributed by atoms with Gasteiger partial charge in [-0.15, -0.1) is 6.58 Å². The van der Waals surface area contributed by atoms with Gasteiger partial charge < -0.3 is 15.6 Å². The summed E-state index contributed by atoms with van der Waals surface area (Å²) in [4.78, 5) is 0. The number of methoxy groups -OCH3 is 1. The van der Waals surface area contributed by atoms with Crippen molar-refractivity contribution < 1.29 is 9.84 Å². The third-order valence-corrected chi connectivity index (χ3v) is 2.32. The van der Waals surface area contributed by atoms with E-state index in [4.69, 9.17) is 10.5 Å². The second-order valence-electron chi connectivity index (χ2n) is 3.37. The molecule has 0 heterocycles. The first-order valence-corrected chi connectivity index (χ1v) is 4.93. The molecular formula is C12H17NO2. The first kappa shape index (κ1) is 11.6. The van der Waals surface area contributed by atoms with Gasteiger partial charge in [-0.25, -0.2) is 0 Å². The topological polar surface area (TPSA) is 55.5 Å². The SMILES string of the molecule is C=CCC[C@@H](N)c1c(O)cccc1OC. The van der Waals surface area contributed by atoms with Crippen LogP contribution in [0.1, 0.15) is 24.4 Å². The molecule has 3 nitrogen and oxygen atoms in total. The van der Waals surface area contributed by atoms with Gasteiger partial charge in [-0.3, -0.25) is 0 Å². The normalized spacial score (nSPS) is 12.1. The van der Waals surface area contributed by atoms with E-state index < -0.39 is 0 Å². The number of phenols is 1. The lowest BCUT2D eigenvalue weighted by Gasteiger charge is -2.16. The van der Waals surface area contributed by atoms with Crippen LogP contribution in [0.15, 0.2) is 30.9 Å². The molecule has 0 amide bonds. The Labute approximate surface area is 90.2 Å². The van der Waals surface area contributed by atoms with Gasteiger partial charge in [0.1, 0.15) is 11.5 Å². The Bertz CT molecular complexity index is 336. The smallest absolute Gasteiger partial charge is 0.127 e. The quantitative estimate of drug-likeness (QED) is 0.729. The molecule has 1 atom stereocenters. The van der Waals surface area contributed by atoms with Crippen LogP contribution in [0, 0.1) is 0 Å². The van der Waals surface area contributed by atoms with E-state index in [1.54, 1.807) is 25.3 Å². The molecule has 3 N–H and O–H groups in total. The van der Waals surface area contributed by atoms with Crippen molar-refractivity contribution in [1.29, 1.82) is 0 Å². The Morgan fingerprint density at radius 3 is 2.93 bits per heavy atom. The molecule has 1 rings (SSSR count). The maximum absolute atomic E-state index is 9.71. The number of ether oxygens (including phenoxy) is 1. The van der Waals surface area contributed by atoms with Gasteiger partial charge in [0.05, 0.1) is 12.7 Å². The van der Waals surface area contributed by atoms with Crippen molar-refractivity contribution in [2.45, 2.75) is 18.9 Å². The molecule has 0 aliphatic rings. The number of aromatic hydroxyl groups is 1. The summed E-state index contributed by atoms with van der Waals surface area (Å²) >= 11 is 0. The summed E-state index contributed by atoms with van der Waals surface area (Å²) in [5, 5.41) is 9.71. The largest absolute Gasteiger partial charge is 0.507 e. The van der Waals surface area contributed by atoms with Gasteiger partial charge in [0.2, 0.25) is 0 Å². The number of benzene rings is 1. The number of hydrogen-bond acceptors (Lipinski definition) is 3. The second kappa shape index (κ2) is 5.41. The van der Waals surface area contributed by atoms with Crippen LogP contribution in [-0.2, 0) is 0 Å². The molecule has 1 aromatic rings. The summed E-state index contributed by atoms with van der Waals surface area (Å²) in [6.45, 7) is 3.64. The van der Waals surface area contributed by atoms with Gasteiger partial charge in [0.15, 0.2) is 0 Å². The van der Waals surface area contributed by atoms with Crippen LogP contribution >= 0.6 is 0 Å². The lowest BCUT2D eigenvalue weighted by atomic mass is 10.0. The molecule has 0 unspecified atom stereocenters. The third-order valence-electron chi connectivity index (χ3n) is 2.32. The standard InChI is InChI=1S/C12H17NO2/c1-3-4-6-9(13)12-10(14)7-5-8-11(12)15-2/h3,5,7-9,14H,1,4,6,13H2,2H3/t9-/m1/s1. The van der Waals surface area contributed by atoms with E-state index in [2.05, 4.69) is 6.58 Å². The van der Waals surface area contributed by atoms with Crippen LogP contribution in [-0.4, -0.2) is 12.2 Å². The van der Waals surface area contributed by atoms with E-state index in [0.717, 1.165) is 12.8 Å². The molecule has 0 aliphatic carbocycles. The third kappa shape index (κ3) is 2.73. The maximum Gasteiger partial charge on any atom is 0.127 e. The molecule has 0 saturated heterocycles. The first-order chi connectivity index (χ1) is 7.20. The fourth-order valence-electron chi connectivity index (χ4n) is 1.52. The highest BCUT2D eigenvalue weighted by molar-refractivity contribution is 5.45. The molecule has 0 saturated carbocycles.